The number of benzene rings is 1. The highest BCUT2D eigenvalue weighted by Gasteiger charge is 2.27. The highest BCUT2D eigenvalue weighted by Crippen LogP contribution is 2.38. The molecule has 5 nitrogen and oxygen atoms in total. The molecule has 0 spiro atoms. The number of ether oxygens (including phenoxy) is 2. The largest absolute Gasteiger partial charge is 0.494 e. The summed E-state index contributed by atoms with van der Waals surface area (Å²) in [5, 5.41) is 3.47. The number of carbonyl (C=O) groups excluding carboxylic acids is 2. The van der Waals surface area contributed by atoms with Crippen LogP contribution in [0, 0.1) is 0 Å². The van der Waals surface area contributed by atoms with Crippen LogP contribution >= 0.6 is 11.3 Å². The Hall–Kier alpha value is -2.34. The van der Waals surface area contributed by atoms with E-state index in [1.54, 1.807) is 24.3 Å². The van der Waals surface area contributed by atoms with Crippen molar-refractivity contribution in [2.24, 2.45) is 0 Å². The molecule has 0 bridgehead atoms. The number of hydrogen-bond acceptors (Lipinski definition) is 5. The summed E-state index contributed by atoms with van der Waals surface area (Å²) in [6, 6.07) is 6.95. The van der Waals surface area contributed by atoms with Crippen molar-refractivity contribution in [1.82, 2.24) is 0 Å². The van der Waals surface area contributed by atoms with E-state index in [1.807, 2.05) is 6.92 Å². The highest BCUT2D eigenvalue weighted by atomic mass is 32.1. The number of carbonyl (C=O) groups is 2. The van der Waals surface area contributed by atoms with Crippen molar-refractivity contribution >= 4 is 28.2 Å². The summed E-state index contributed by atoms with van der Waals surface area (Å²) in [4.78, 5) is 26.0. The van der Waals surface area contributed by atoms with Gasteiger partial charge in [-0.3, -0.25) is 4.79 Å². The van der Waals surface area contributed by atoms with Gasteiger partial charge in [0.25, 0.3) is 5.91 Å². The molecule has 0 unspecified atom stereocenters. The maximum atomic E-state index is 12.6. The standard InChI is InChI=1S/C19H21NO4S/c1-3-24-13-10-8-12(9-11-13)17(21)20-18-16(19(22)23-2)14-6-4-5-7-15(14)25-18/h8-11H,3-7H2,1-2H3,(H,20,21). The number of fused-ring (bicyclic) bond motifs is 1. The molecule has 1 amide bonds. The Morgan fingerprint density at radius 3 is 2.56 bits per heavy atom. The summed E-state index contributed by atoms with van der Waals surface area (Å²) in [7, 11) is 1.37. The second-order valence-corrected chi connectivity index (χ2v) is 6.92. The van der Waals surface area contributed by atoms with Gasteiger partial charge in [0.15, 0.2) is 0 Å². The van der Waals surface area contributed by atoms with Gasteiger partial charge in [-0.15, -0.1) is 11.3 Å². The quantitative estimate of drug-likeness (QED) is 0.818. The van der Waals surface area contributed by atoms with E-state index in [9.17, 15) is 9.59 Å². The van der Waals surface area contributed by atoms with E-state index in [0.29, 0.717) is 22.7 Å². The zero-order chi connectivity index (χ0) is 17.8. The molecule has 3 rings (SSSR count). The molecule has 6 heteroatoms. The molecule has 1 aliphatic carbocycles. The predicted octanol–water partition coefficient (Wildman–Crippen LogP) is 4.06. The van der Waals surface area contributed by atoms with Crippen molar-refractivity contribution in [3.63, 3.8) is 0 Å². The molecular formula is C19H21NO4S. The van der Waals surface area contributed by atoms with E-state index < -0.39 is 0 Å². The minimum absolute atomic E-state index is 0.244. The predicted molar refractivity (Wildman–Crippen MR) is 97.9 cm³/mol. The zero-order valence-corrected chi connectivity index (χ0v) is 15.2. The number of esters is 1. The van der Waals surface area contributed by atoms with Gasteiger partial charge in [-0.25, -0.2) is 4.79 Å². The molecule has 25 heavy (non-hydrogen) atoms. The Bertz CT molecular complexity index is 779. The molecule has 1 N–H and O–H groups in total. The van der Waals surface area contributed by atoms with Crippen LogP contribution in [0.2, 0.25) is 0 Å². The number of aryl methyl sites for hydroxylation is 1. The first-order valence-corrected chi connectivity index (χ1v) is 9.22. The van der Waals surface area contributed by atoms with E-state index in [1.165, 1.54) is 23.3 Å². The lowest BCUT2D eigenvalue weighted by Crippen LogP contribution is -2.15. The summed E-state index contributed by atoms with van der Waals surface area (Å²) in [5.74, 6) is 0.0917. The third-order valence-electron chi connectivity index (χ3n) is 4.22. The molecule has 1 aromatic carbocycles. The molecule has 0 aliphatic heterocycles. The average Bonchev–Trinajstić information content (AvgIpc) is 2.99. The monoisotopic (exact) mass is 359 g/mol. The average molecular weight is 359 g/mol. The summed E-state index contributed by atoms with van der Waals surface area (Å²) < 4.78 is 10.3. The Labute approximate surface area is 151 Å². The van der Waals surface area contributed by atoms with Gasteiger partial charge in [-0.2, -0.15) is 0 Å². The number of rotatable bonds is 5. The molecule has 1 aliphatic rings. The molecule has 2 aromatic rings. The molecule has 0 saturated carbocycles. The maximum absolute atomic E-state index is 12.6. The van der Waals surface area contributed by atoms with Crippen molar-refractivity contribution < 1.29 is 19.1 Å². The van der Waals surface area contributed by atoms with Crippen molar-refractivity contribution in [2.75, 3.05) is 19.0 Å². The second-order valence-electron chi connectivity index (χ2n) is 5.82. The first-order valence-electron chi connectivity index (χ1n) is 8.41. The smallest absolute Gasteiger partial charge is 0.341 e. The van der Waals surface area contributed by atoms with Crippen molar-refractivity contribution in [3.8, 4) is 5.75 Å². The van der Waals surface area contributed by atoms with Crippen LogP contribution in [0.1, 0.15) is 50.9 Å². The van der Waals surface area contributed by atoms with E-state index in [4.69, 9.17) is 9.47 Å². The van der Waals surface area contributed by atoms with Crippen LogP contribution in [-0.4, -0.2) is 25.6 Å². The highest BCUT2D eigenvalue weighted by molar-refractivity contribution is 7.17. The van der Waals surface area contributed by atoms with Gasteiger partial charge in [0.1, 0.15) is 10.8 Å². The van der Waals surface area contributed by atoms with Gasteiger partial charge in [-0.05, 0) is 62.4 Å². The minimum Gasteiger partial charge on any atom is -0.494 e. The lowest BCUT2D eigenvalue weighted by molar-refractivity contribution is 0.0601. The number of hydrogen-bond donors (Lipinski definition) is 1. The van der Waals surface area contributed by atoms with Gasteiger partial charge < -0.3 is 14.8 Å². The summed E-state index contributed by atoms with van der Waals surface area (Å²) >= 11 is 1.48. The summed E-state index contributed by atoms with van der Waals surface area (Å²) in [6.07, 6.45) is 3.97. The number of amides is 1. The topological polar surface area (TPSA) is 64.6 Å². The van der Waals surface area contributed by atoms with Crippen LogP contribution in [-0.2, 0) is 17.6 Å². The molecule has 1 aromatic heterocycles. The Morgan fingerprint density at radius 2 is 1.88 bits per heavy atom. The first-order chi connectivity index (χ1) is 12.1. The Balaban J connectivity index is 1.85. The lowest BCUT2D eigenvalue weighted by Gasteiger charge is -2.11. The fraction of sp³-hybridized carbons (Fsp3) is 0.368. The Kier molecular flexibility index (Phi) is 5.38. The third-order valence-corrected chi connectivity index (χ3v) is 5.42. The fourth-order valence-corrected chi connectivity index (χ4v) is 4.29. The number of methoxy groups -OCH3 is 1. The number of thiophene rings is 1. The molecule has 0 saturated heterocycles. The van der Waals surface area contributed by atoms with Gasteiger partial charge in [0, 0.05) is 10.4 Å². The zero-order valence-electron chi connectivity index (χ0n) is 14.4. The van der Waals surface area contributed by atoms with Gasteiger partial charge in [0.05, 0.1) is 19.3 Å². The lowest BCUT2D eigenvalue weighted by atomic mass is 9.95. The molecule has 0 fully saturated rings. The molecule has 1 heterocycles. The van der Waals surface area contributed by atoms with Crippen molar-refractivity contribution in [2.45, 2.75) is 32.6 Å². The number of nitrogens with one attached hydrogen (secondary N) is 1. The van der Waals surface area contributed by atoms with Gasteiger partial charge >= 0.3 is 5.97 Å². The van der Waals surface area contributed by atoms with Gasteiger partial charge in [0.2, 0.25) is 0 Å². The van der Waals surface area contributed by atoms with Crippen LogP contribution in [0.5, 0.6) is 5.75 Å². The second kappa shape index (κ2) is 7.70. The van der Waals surface area contributed by atoms with Crippen LogP contribution in [0.3, 0.4) is 0 Å². The van der Waals surface area contributed by atoms with E-state index >= 15 is 0 Å². The van der Waals surface area contributed by atoms with Crippen LogP contribution in [0.15, 0.2) is 24.3 Å². The molecule has 132 valence electrons. The van der Waals surface area contributed by atoms with Crippen molar-refractivity contribution in [3.05, 3.63) is 45.8 Å². The van der Waals surface area contributed by atoms with Crippen LogP contribution in [0.25, 0.3) is 0 Å². The molecule has 0 atom stereocenters. The molecule has 0 radical (unpaired) electrons. The van der Waals surface area contributed by atoms with Crippen LogP contribution in [0.4, 0.5) is 5.00 Å². The van der Waals surface area contributed by atoms with Crippen LogP contribution < -0.4 is 10.1 Å². The summed E-state index contributed by atoms with van der Waals surface area (Å²) in [6.45, 7) is 2.49. The Morgan fingerprint density at radius 1 is 1.16 bits per heavy atom. The van der Waals surface area contributed by atoms with E-state index in [0.717, 1.165) is 37.0 Å². The minimum atomic E-state index is -0.388. The maximum Gasteiger partial charge on any atom is 0.341 e. The summed E-state index contributed by atoms with van der Waals surface area (Å²) in [5.41, 5.74) is 2.07. The molecular weight excluding hydrogens is 338 g/mol. The van der Waals surface area contributed by atoms with E-state index in [-0.39, 0.29) is 11.9 Å². The van der Waals surface area contributed by atoms with E-state index in [2.05, 4.69) is 5.32 Å². The van der Waals surface area contributed by atoms with Crippen molar-refractivity contribution in [1.29, 1.82) is 0 Å². The normalized spacial score (nSPS) is 13.0. The first kappa shape index (κ1) is 17.5. The SMILES string of the molecule is CCOc1ccc(C(=O)Nc2sc3c(c2C(=O)OC)CCCC3)cc1. The number of anilines is 1. The third kappa shape index (κ3) is 3.69. The fourth-order valence-electron chi connectivity index (χ4n) is 3.02. The van der Waals surface area contributed by atoms with Gasteiger partial charge in [-0.1, -0.05) is 0 Å².